The summed E-state index contributed by atoms with van der Waals surface area (Å²) in [5.41, 5.74) is 5.06. The molecular weight excluding hydrogens is 308 g/mol. The molecule has 2 heteroatoms. The lowest BCUT2D eigenvalue weighted by atomic mass is 10.00. The Morgan fingerprint density at radius 1 is 1.06 bits per heavy atom. The SMILES string of the molecule is Cc1ccc(C(Cl)Cc2cccc(Br)c2)cc1C. The Kier molecular flexibility index (Phi) is 4.47. The minimum Gasteiger partial charge on any atom is -0.117 e. The molecule has 0 heterocycles. The second-order valence-corrected chi connectivity index (χ2v) is 6.09. The number of alkyl halides is 1. The van der Waals surface area contributed by atoms with E-state index in [-0.39, 0.29) is 5.38 Å². The van der Waals surface area contributed by atoms with Crippen molar-refractivity contribution in [2.45, 2.75) is 25.6 Å². The quantitative estimate of drug-likeness (QED) is 0.646. The predicted octanol–water partition coefficient (Wildman–Crippen LogP) is 5.59. The van der Waals surface area contributed by atoms with E-state index in [9.17, 15) is 0 Å². The first-order valence-electron chi connectivity index (χ1n) is 6.02. The van der Waals surface area contributed by atoms with Gasteiger partial charge in [0.25, 0.3) is 0 Å². The third-order valence-electron chi connectivity index (χ3n) is 3.20. The van der Waals surface area contributed by atoms with E-state index < -0.39 is 0 Å². The number of rotatable bonds is 3. The Balaban J connectivity index is 2.16. The molecule has 18 heavy (non-hydrogen) atoms. The van der Waals surface area contributed by atoms with Crippen LogP contribution in [0.4, 0.5) is 0 Å². The molecule has 0 N–H and O–H groups in total. The van der Waals surface area contributed by atoms with Crippen LogP contribution in [0.1, 0.15) is 27.6 Å². The molecule has 0 radical (unpaired) electrons. The van der Waals surface area contributed by atoms with Crippen molar-refractivity contribution in [3.8, 4) is 0 Å². The van der Waals surface area contributed by atoms with Gasteiger partial charge in [-0.25, -0.2) is 0 Å². The third kappa shape index (κ3) is 3.37. The normalized spacial score (nSPS) is 12.4. The van der Waals surface area contributed by atoms with Gasteiger partial charge in [-0.05, 0) is 54.7 Å². The van der Waals surface area contributed by atoms with Crippen LogP contribution in [0.5, 0.6) is 0 Å². The van der Waals surface area contributed by atoms with Gasteiger partial charge in [-0.2, -0.15) is 0 Å². The highest BCUT2D eigenvalue weighted by Crippen LogP contribution is 2.27. The summed E-state index contributed by atoms with van der Waals surface area (Å²) in [6.45, 7) is 4.25. The summed E-state index contributed by atoms with van der Waals surface area (Å²) in [5.74, 6) is 0. The van der Waals surface area contributed by atoms with E-state index >= 15 is 0 Å². The lowest BCUT2D eigenvalue weighted by Gasteiger charge is -2.12. The molecule has 0 aromatic heterocycles. The highest BCUT2D eigenvalue weighted by molar-refractivity contribution is 9.10. The summed E-state index contributed by atoms with van der Waals surface area (Å²) in [4.78, 5) is 0. The van der Waals surface area contributed by atoms with Gasteiger partial charge in [0.15, 0.2) is 0 Å². The fraction of sp³-hybridized carbons (Fsp3) is 0.250. The highest BCUT2D eigenvalue weighted by atomic mass is 79.9. The second-order valence-electron chi connectivity index (χ2n) is 4.65. The van der Waals surface area contributed by atoms with Gasteiger partial charge in [0.05, 0.1) is 5.38 Å². The number of benzene rings is 2. The monoisotopic (exact) mass is 322 g/mol. The molecule has 2 rings (SSSR count). The van der Waals surface area contributed by atoms with Crippen molar-refractivity contribution in [1.29, 1.82) is 0 Å². The van der Waals surface area contributed by atoms with Crippen LogP contribution in [-0.4, -0.2) is 0 Å². The van der Waals surface area contributed by atoms with E-state index in [1.165, 1.54) is 22.3 Å². The van der Waals surface area contributed by atoms with Crippen molar-refractivity contribution < 1.29 is 0 Å². The zero-order chi connectivity index (χ0) is 13.1. The van der Waals surface area contributed by atoms with Crippen molar-refractivity contribution in [2.75, 3.05) is 0 Å². The molecule has 1 atom stereocenters. The van der Waals surface area contributed by atoms with E-state index in [1.807, 2.05) is 12.1 Å². The average molecular weight is 324 g/mol. The van der Waals surface area contributed by atoms with Gasteiger partial charge in [0, 0.05) is 4.47 Å². The number of hydrogen-bond donors (Lipinski definition) is 0. The summed E-state index contributed by atoms with van der Waals surface area (Å²) in [7, 11) is 0. The summed E-state index contributed by atoms with van der Waals surface area (Å²) in [6, 6.07) is 14.8. The van der Waals surface area contributed by atoms with Gasteiger partial charge in [-0.1, -0.05) is 46.3 Å². The molecule has 2 aromatic rings. The predicted molar refractivity (Wildman–Crippen MR) is 82.4 cm³/mol. The van der Waals surface area contributed by atoms with E-state index in [0.29, 0.717) is 0 Å². The van der Waals surface area contributed by atoms with E-state index in [2.05, 4.69) is 60.1 Å². The first-order chi connectivity index (χ1) is 8.56. The Labute approximate surface area is 122 Å². The van der Waals surface area contributed by atoms with E-state index in [4.69, 9.17) is 11.6 Å². The van der Waals surface area contributed by atoms with Gasteiger partial charge in [0.1, 0.15) is 0 Å². The molecule has 0 spiro atoms. The summed E-state index contributed by atoms with van der Waals surface area (Å²) >= 11 is 9.99. The molecule has 0 bridgehead atoms. The second kappa shape index (κ2) is 5.90. The van der Waals surface area contributed by atoms with Crippen molar-refractivity contribution >= 4 is 27.5 Å². The van der Waals surface area contributed by atoms with Crippen LogP contribution in [0.2, 0.25) is 0 Å². The maximum absolute atomic E-state index is 6.50. The van der Waals surface area contributed by atoms with Crippen molar-refractivity contribution in [1.82, 2.24) is 0 Å². The molecule has 1 unspecified atom stereocenters. The first-order valence-corrected chi connectivity index (χ1v) is 7.25. The Morgan fingerprint density at radius 2 is 1.83 bits per heavy atom. The Bertz CT molecular complexity index is 549. The van der Waals surface area contributed by atoms with Gasteiger partial charge in [-0.15, -0.1) is 11.6 Å². The summed E-state index contributed by atoms with van der Waals surface area (Å²) in [5, 5.41) is 0.0265. The molecule has 0 aliphatic carbocycles. The topological polar surface area (TPSA) is 0 Å². The molecule has 2 aromatic carbocycles. The zero-order valence-electron chi connectivity index (χ0n) is 10.6. The van der Waals surface area contributed by atoms with Crippen molar-refractivity contribution in [3.05, 3.63) is 69.2 Å². The van der Waals surface area contributed by atoms with Crippen LogP contribution >= 0.6 is 27.5 Å². The number of hydrogen-bond acceptors (Lipinski definition) is 0. The van der Waals surface area contributed by atoms with Crippen LogP contribution < -0.4 is 0 Å². The maximum Gasteiger partial charge on any atom is 0.0625 e. The fourth-order valence-electron chi connectivity index (χ4n) is 1.95. The Hall–Kier alpha value is -0.790. The third-order valence-corrected chi connectivity index (χ3v) is 4.10. The molecule has 0 aliphatic rings. The van der Waals surface area contributed by atoms with Crippen molar-refractivity contribution in [3.63, 3.8) is 0 Å². The molecule has 0 saturated heterocycles. The van der Waals surface area contributed by atoms with Crippen LogP contribution in [0, 0.1) is 13.8 Å². The lowest BCUT2D eigenvalue weighted by molar-refractivity contribution is 0.916. The van der Waals surface area contributed by atoms with Gasteiger partial charge < -0.3 is 0 Å². The largest absolute Gasteiger partial charge is 0.117 e. The molecule has 0 nitrogen and oxygen atoms in total. The van der Waals surface area contributed by atoms with Gasteiger partial charge in [0.2, 0.25) is 0 Å². The smallest absolute Gasteiger partial charge is 0.0625 e. The first kappa shape index (κ1) is 13.6. The molecule has 0 amide bonds. The van der Waals surface area contributed by atoms with Crippen LogP contribution in [-0.2, 0) is 6.42 Å². The minimum atomic E-state index is 0.0265. The van der Waals surface area contributed by atoms with E-state index in [0.717, 1.165) is 10.9 Å². The number of halogens is 2. The Morgan fingerprint density at radius 3 is 2.50 bits per heavy atom. The molecule has 0 fully saturated rings. The van der Waals surface area contributed by atoms with Gasteiger partial charge in [-0.3, -0.25) is 0 Å². The van der Waals surface area contributed by atoms with Crippen LogP contribution in [0.25, 0.3) is 0 Å². The summed E-state index contributed by atoms with van der Waals surface area (Å²) in [6.07, 6.45) is 0.851. The zero-order valence-corrected chi connectivity index (χ0v) is 12.9. The standard InChI is InChI=1S/C16H16BrCl/c1-11-6-7-14(8-12(11)2)16(18)10-13-4-3-5-15(17)9-13/h3-9,16H,10H2,1-2H3. The van der Waals surface area contributed by atoms with Gasteiger partial charge >= 0.3 is 0 Å². The number of aryl methyl sites for hydroxylation is 2. The maximum atomic E-state index is 6.50. The van der Waals surface area contributed by atoms with Crippen molar-refractivity contribution in [2.24, 2.45) is 0 Å². The van der Waals surface area contributed by atoms with Crippen LogP contribution in [0.15, 0.2) is 46.9 Å². The van der Waals surface area contributed by atoms with Crippen LogP contribution in [0.3, 0.4) is 0 Å². The fourth-order valence-corrected chi connectivity index (χ4v) is 2.71. The van der Waals surface area contributed by atoms with E-state index in [1.54, 1.807) is 0 Å². The molecular formula is C16H16BrCl. The summed E-state index contributed by atoms with van der Waals surface area (Å²) < 4.78 is 1.10. The minimum absolute atomic E-state index is 0.0265. The highest BCUT2D eigenvalue weighted by Gasteiger charge is 2.10. The molecule has 0 aliphatic heterocycles. The molecule has 94 valence electrons. The molecule has 0 saturated carbocycles. The lowest BCUT2D eigenvalue weighted by Crippen LogP contribution is -1.97. The average Bonchev–Trinajstić information content (AvgIpc) is 2.32.